The molecular formula is C21H15ClF3N5O2. The van der Waals surface area contributed by atoms with Gasteiger partial charge in [0.25, 0.3) is 5.89 Å². The number of pyridine rings is 1. The molecule has 4 aromatic rings. The predicted molar refractivity (Wildman–Crippen MR) is 109 cm³/mol. The molecule has 1 aliphatic carbocycles. The molecule has 2 atom stereocenters. The summed E-state index contributed by atoms with van der Waals surface area (Å²) in [6, 6.07) is 6.52. The molecule has 0 aliphatic heterocycles. The minimum Gasteiger partial charge on any atom is -0.369 e. The number of hydrogen-bond donors (Lipinski definition) is 1. The van der Waals surface area contributed by atoms with Crippen molar-refractivity contribution in [2.45, 2.75) is 25.4 Å². The number of imidazole rings is 1. The van der Waals surface area contributed by atoms with Gasteiger partial charge in [-0.3, -0.25) is 4.79 Å². The molecule has 3 aromatic heterocycles. The fourth-order valence-electron chi connectivity index (χ4n) is 3.80. The van der Waals surface area contributed by atoms with Crippen LogP contribution in [0.3, 0.4) is 0 Å². The highest BCUT2D eigenvalue weighted by atomic mass is 35.5. The third-order valence-corrected chi connectivity index (χ3v) is 5.83. The number of benzene rings is 1. The van der Waals surface area contributed by atoms with Crippen LogP contribution in [-0.4, -0.2) is 25.4 Å². The van der Waals surface area contributed by atoms with Gasteiger partial charge in [-0.1, -0.05) is 35.0 Å². The molecule has 1 saturated carbocycles. The van der Waals surface area contributed by atoms with E-state index in [0.717, 1.165) is 35.4 Å². The number of aromatic nitrogens is 4. The Morgan fingerprint density at radius 3 is 2.69 bits per heavy atom. The van der Waals surface area contributed by atoms with E-state index in [1.165, 1.54) is 10.6 Å². The quantitative estimate of drug-likeness (QED) is 0.478. The predicted octanol–water partition coefficient (Wildman–Crippen LogP) is 4.62. The molecule has 164 valence electrons. The van der Waals surface area contributed by atoms with Gasteiger partial charge in [0.1, 0.15) is 5.69 Å². The lowest BCUT2D eigenvalue weighted by Gasteiger charge is -2.07. The third kappa shape index (κ3) is 3.50. The van der Waals surface area contributed by atoms with Crippen LogP contribution in [0.15, 0.2) is 41.2 Å². The molecule has 32 heavy (non-hydrogen) atoms. The average molecular weight is 462 g/mol. The van der Waals surface area contributed by atoms with Crippen LogP contribution in [-0.2, 0) is 11.0 Å². The number of nitrogens with zero attached hydrogens (tertiary/aromatic N) is 4. The molecule has 1 aliphatic rings. The zero-order valence-electron chi connectivity index (χ0n) is 16.5. The van der Waals surface area contributed by atoms with Crippen LogP contribution in [0.2, 0.25) is 5.02 Å². The summed E-state index contributed by atoms with van der Waals surface area (Å²) in [6.07, 6.45) is -1.55. The number of hydrogen-bond acceptors (Lipinski definition) is 5. The zero-order valence-corrected chi connectivity index (χ0v) is 17.3. The summed E-state index contributed by atoms with van der Waals surface area (Å²) in [5.41, 5.74) is 7.44. The molecule has 2 unspecified atom stereocenters. The second-order valence-electron chi connectivity index (χ2n) is 7.78. The molecule has 0 spiro atoms. The Bertz CT molecular complexity index is 1380. The van der Waals surface area contributed by atoms with Crippen LogP contribution in [0.1, 0.15) is 29.0 Å². The Kier molecular flexibility index (Phi) is 4.52. The summed E-state index contributed by atoms with van der Waals surface area (Å²) in [5.74, 6) is 0.0647. The number of fused-ring (bicyclic) bond motifs is 1. The highest BCUT2D eigenvalue weighted by Gasteiger charge is 2.42. The first kappa shape index (κ1) is 20.5. The van der Waals surface area contributed by atoms with Crippen molar-refractivity contribution in [2.24, 2.45) is 11.7 Å². The summed E-state index contributed by atoms with van der Waals surface area (Å²) < 4.78 is 45.6. The second-order valence-corrected chi connectivity index (χ2v) is 8.19. The van der Waals surface area contributed by atoms with Gasteiger partial charge in [0.05, 0.1) is 10.6 Å². The third-order valence-electron chi connectivity index (χ3n) is 5.55. The van der Waals surface area contributed by atoms with Gasteiger partial charge in [0, 0.05) is 23.9 Å². The van der Waals surface area contributed by atoms with Crippen molar-refractivity contribution in [1.29, 1.82) is 0 Å². The van der Waals surface area contributed by atoms with Crippen LogP contribution < -0.4 is 5.73 Å². The number of primary amides is 1. The minimum absolute atomic E-state index is 0.0489. The first-order chi connectivity index (χ1) is 15.1. The summed E-state index contributed by atoms with van der Waals surface area (Å²) in [5, 5.41) is 3.84. The molecular weight excluding hydrogens is 447 g/mol. The van der Waals surface area contributed by atoms with Crippen LogP contribution in [0.4, 0.5) is 13.2 Å². The number of alkyl halides is 3. The standard InChI is InChI=1S/C21H15ClF3N5O2/c1-9-4-10(13-6-14(13)17(26)31)2-3-12(9)18-28-20(32-29-18)16-8-30-7-11(21(23,24)25)5-15(22)19(30)27-16/h2-5,7-8,13-14H,6H2,1H3,(H2,26,31). The van der Waals surface area contributed by atoms with E-state index in [4.69, 9.17) is 21.9 Å². The number of rotatable bonds is 4. The normalized spacial score (nSPS) is 18.3. The van der Waals surface area contributed by atoms with Crippen LogP contribution in [0, 0.1) is 12.8 Å². The van der Waals surface area contributed by atoms with Crippen molar-refractivity contribution in [3.05, 3.63) is 58.4 Å². The van der Waals surface area contributed by atoms with E-state index in [1.807, 2.05) is 25.1 Å². The molecule has 3 heterocycles. The van der Waals surface area contributed by atoms with Crippen LogP contribution in [0.25, 0.3) is 28.6 Å². The van der Waals surface area contributed by atoms with Gasteiger partial charge in [-0.05, 0) is 36.5 Å². The number of halogens is 4. The molecule has 2 N–H and O–H groups in total. The van der Waals surface area contributed by atoms with Crippen molar-refractivity contribution in [3.8, 4) is 23.0 Å². The minimum atomic E-state index is -4.54. The highest BCUT2D eigenvalue weighted by Crippen LogP contribution is 2.47. The Labute approximate surface area is 184 Å². The van der Waals surface area contributed by atoms with Gasteiger partial charge in [0.15, 0.2) is 5.65 Å². The molecule has 1 amide bonds. The lowest BCUT2D eigenvalue weighted by Crippen LogP contribution is -2.13. The van der Waals surface area contributed by atoms with Gasteiger partial charge in [-0.2, -0.15) is 18.2 Å². The van der Waals surface area contributed by atoms with Gasteiger partial charge in [-0.15, -0.1) is 0 Å². The summed E-state index contributed by atoms with van der Waals surface area (Å²) in [7, 11) is 0. The average Bonchev–Trinajstić information content (AvgIpc) is 3.17. The zero-order chi connectivity index (χ0) is 22.8. The maximum Gasteiger partial charge on any atom is 0.417 e. The van der Waals surface area contributed by atoms with E-state index in [0.29, 0.717) is 5.82 Å². The van der Waals surface area contributed by atoms with Crippen molar-refractivity contribution in [3.63, 3.8) is 0 Å². The van der Waals surface area contributed by atoms with Crippen molar-refractivity contribution < 1.29 is 22.5 Å². The monoisotopic (exact) mass is 461 g/mol. The lowest BCUT2D eigenvalue weighted by atomic mass is 10.0. The van der Waals surface area contributed by atoms with Crippen molar-refractivity contribution >= 4 is 23.2 Å². The fraction of sp³-hybridized carbons (Fsp3) is 0.238. The lowest BCUT2D eigenvalue weighted by molar-refractivity contribution is -0.137. The number of carbonyl (C=O) groups excluding carboxylic acids is 1. The summed E-state index contributed by atoms with van der Waals surface area (Å²) in [6.45, 7) is 1.89. The molecule has 0 saturated heterocycles. The van der Waals surface area contributed by atoms with Gasteiger partial charge in [0.2, 0.25) is 11.7 Å². The van der Waals surface area contributed by atoms with Crippen LogP contribution in [0.5, 0.6) is 0 Å². The summed E-state index contributed by atoms with van der Waals surface area (Å²) in [4.78, 5) is 19.9. The van der Waals surface area contributed by atoms with Crippen molar-refractivity contribution in [1.82, 2.24) is 19.5 Å². The maximum atomic E-state index is 13.0. The largest absolute Gasteiger partial charge is 0.417 e. The fourth-order valence-corrected chi connectivity index (χ4v) is 4.06. The summed E-state index contributed by atoms with van der Waals surface area (Å²) >= 11 is 5.99. The van der Waals surface area contributed by atoms with E-state index in [1.54, 1.807) is 0 Å². The van der Waals surface area contributed by atoms with E-state index in [2.05, 4.69) is 15.1 Å². The SMILES string of the molecule is Cc1cc(C2CC2C(N)=O)ccc1-c1noc(-c2cn3cc(C(F)(F)F)cc(Cl)c3n2)n1. The van der Waals surface area contributed by atoms with Crippen molar-refractivity contribution in [2.75, 3.05) is 0 Å². The van der Waals surface area contributed by atoms with Gasteiger partial charge >= 0.3 is 6.18 Å². The van der Waals surface area contributed by atoms with E-state index in [9.17, 15) is 18.0 Å². The number of carbonyl (C=O) groups is 1. The van der Waals surface area contributed by atoms with E-state index >= 15 is 0 Å². The topological polar surface area (TPSA) is 99.3 Å². The van der Waals surface area contributed by atoms with Gasteiger partial charge in [-0.25, -0.2) is 4.98 Å². The second kappa shape index (κ2) is 7.06. The molecule has 1 fully saturated rings. The first-order valence-corrected chi connectivity index (χ1v) is 9.99. The highest BCUT2D eigenvalue weighted by molar-refractivity contribution is 6.33. The van der Waals surface area contributed by atoms with E-state index in [-0.39, 0.29) is 40.0 Å². The Balaban J connectivity index is 1.46. The first-order valence-electron chi connectivity index (χ1n) is 9.61. The number of amides is 1. The Hall–Kier alpha value is -3.40. The Morgan fingerprint density at radius 1 is 1.25 bits per heavy atom. The van der Waals surface area contributed by atoms with Crippen LogP contribution >= 0.6 is 11.6 Å². The molecule has 7 nitrogen and oxygen atoms in total. The molecule has 0 radical (unpaired) electrons. The number of nitrogens with two attached hydrogens (primary N) is 1. The molecule has 1 aromatic carbocycles. The Morgan fingerprint density at radius 2 is 2.03 bits per heavy atom. The number of aryl methyl sites for hydroxylation is 1. The smallest absolute Gasteiger partial charge is 0.369 e. The molecule has 11 heteroatoms. The van der Waals surface area contributed by atoms with Gasteiger partial charge < -0.3 is 14.7 Å². The molecule has 0 bridgehead atoms. The molecule has 5 rings (SSSR count). The van der Waals surface area contributed by atoms with E-state index < -0.39 is 11.7 Å². The maximum absolute atomic E-state index is 13.0.